The molecule has 2 aliphatic rings. The molecule has 2 aliphatic heterocycles. The quantitative estimate of drug-likeness (QED) is 0.828. The molecule has 2 saturated heterocycles. The molecule has 4 rings (SSSR count). The number of aryl methyl sites for hydroxylation is 1. The Hall–Kier alpha value is -2.21. The summed E-state index contributed by atoms with van der Waals surface area (Å²) < 4.78 is 1.35. The zero-order chi connectivity index (χ0) is 18.8. The molecule has 144 valence electrons. The Labute approximate surface area is 159 Å². The Balaban J connectivity index is 1.56. The third-order valence-electron chi connectivity index (χ3n) is 5.97. The largest absolute Gasteiger partial charge is 0.338 e. The fourth-order valence-electron chi connectivity index (χ4n) is 4.53. The number of hydrogen-bond donors (Lipinski definition) is 0. The van der Waals surface area contributed by atoms with Crippen molar-refractivity contribution >= 4 is 16.7 Å². The minimum Gasteiger partial charge on any atom is -0.338 e. The van der Waals surface area contributed by atoms with Gasteiger partial charge in [0.2, 0.25) is 5.91 Å². The summed E-state index contributed by atoms with van der Waals surface area (Å²) in [5, 5.41) is 5.83. The highest BCUT2D eigenvalue weighted by Crippen LogP contribution is 2.22. The molecule has 0 unspecified atom stereocenters. The van der Waals surface area contributed by atoms with Crippen LogP contribution >= 0.6 is 0 Å². The van der Waals surface area contributed by atoms with E-state index in [-0.39, 0.29) is 17.9 Å². The number of piperidine rings is 1. The topological polar surface area (TPSA) is 58.4 Å². The second-order valence-electron chi connectivity index (χ2n) is 7.84. The van der Waals surface area contributed by atoms with E-state index in [2.05, 4.69) is 14.9 Å². The van der Waals surface area contributed by atoms with E-state index in [9.17, 15) is 9.59 Å². The number of nitrogens with zero attached hydrogens (tertiary/aromatic N) is 4. The number of aromatic nitrogens is 2. The van der Waals surface area contributed by atoms with Crippen molar-refractivity contribution < 1.29 is 4.79 Å². The van der Waals surface area contributed by atoms with Crippen LogP contribution in [0.3, 0.4) is 0 Å². The lowest BCUT2D eigenvalue weighted by molar-refractivity contribution is -0.134. The van der Waals surface area contributed by atoms with Gasteiger partial charge in [0.1, 0.15) is 0 Å². The molecule has 0 bridgehead atoms. The molecule has 2 aromatic rings. The van der Waals surface area contributed by atoms with E-state index in [1.54, 1.807) is 7.05 Å². The Morgan fingerprint density at radius 2 is 1.78 bits per heavy atom. The third-order valence-corrected chi connectivity index (χ3v) is 5.97. The molecule has 0 N–H and O–H groups in total. The average molecular weight is 368 g/mol. The lowest BCUT2D eigenvalue weighted by Gasteiger charge is -2.38. The van der Waals surface area contributed by atoms with Crippen molar-refractivity contribution in [3.8, 4) is 0 Å². The average Bonchev–Trinajstić information content (AvgIpc) is 3.19. The minimum atomic E-state index is -0.119. The number of carbonyl (C=O) groups excluding carboxylic acids is 1. The van der Waals surface area contributed by atoms with Gasteiger partial charge >= 0.3 is 0 Å². The summed E-state index contributed by atoms with van der Waals surface area (Å²) in [7, 11) is 1.65. The summed E-state index contributed by atoms with van der Waals surface area (Å²) in [6, 6.07) is 7.76. The first-order valence-electron chi connectivity index (χ1n) is 10.1. The van der Waals surface area contributed by atoms with E-state index in [4.69, 9.17) is 0 Å². The monoisotopic (exact) mass is 368 g/mol. The van der Waals surface area contributed by atoms with Gasteiger partial charge in [0.05, 0.1) is 17.5 Å². The van der Waals surface area contributed by atoms with Crippen LogP contribution in [0.1, 0.15) is 37.8 Å². The smallest absolute Gasteiger partial charge is 0.274 e. The van der Waals surface area contributed by atoms with Gasteiger partial charge in [-0.2, -0.15) is 5.10 Å². The second kappa shape index (κ2) is 7.80. The zero-order valence-corrected chi connectivity index (χ0v) is 16.1. The summed E-state index contributed by atoms with van der Waals surface area (Å²) in [6.45, 7) is 4.14. The number of fused-ring (bicyclic) bond motifs is 1. The SMILES string of the molecule is Cn1nc(CC(=O)N2CCCC[C@@H]2CN2CCCC2)c2ccccc2c1=O. The van der Waals surface area contributed by atoms with Gasteiger partial charge in [-0.3, -0.25) is 9.59 Å². The van der Waals surface area contributed by atoms with Gasteiger partial charge in [-0.1, -0.05) is 18.2 Å². The van der Waals surface area contributed by atoms with Crippen molar-refractivity contribution in [1.29, 1.82) is 0 Å². The van der Waals surface area contributed by atoms with E-state index < -0.39 is 0 Å². The van der Waals surface area contributed by atoms with Crippen molar-refractivity contribution in [3.05, 3.63) is 40.3 Å². The van der Waals surface area contributed by atoms with Gasteiger partial charge in [-0.25, -0.2) is 4.68 Å². The first kappa shape index (κ1) is 18.2. The van der Waals surface area contributed by atoms with Crippen LogP contribution in [0.5, 0.6) is 0 Å². The first-order valence-corrected chi connectivity index (χ1v) is 10.1. The van der Waals surface area contributed by atoms with E-state index >= 15 is 0 Å². The highest BCUT2D eigenvalue weighted by molar-refractivity contribution is 5.88. The number of hydrogen-bond acceptors (Lipinski definition) is 4. The van der Waals surface area contributed by atoms with Crippen molar-refractivity contribution in [2.75, 3.05) is 26.2 Å². The van der Waals surface area contributed by atoms with Crippen molar-refractivity contribution in [1.82, 2.24) is 19.6 Å². The molecule has 0 radical (unpaired) electrons. The fourth-order valence-corrected chi connectivity index (χ4v) is 4.53. The summed E-state index contributed by atoms with van der Waals surface area (Å²) in [5.74, 6) is 0.134. The molecule has 1 amide bonds. The number of amides is 1. The zero-order valence-electron chi connectivity index (χ0n) is 16.1. The van der Waals surface area contributed by atoms with Crippen LogP contribution in [0, 0.1) is 0 Å². The minimum absolute atomic E-state index is 0.119. The molecule has 6 heteroatoms. The van der Waals surface area contributed by atoms with Crippen LogP contribution in [0.15, 0.2) is 29.1 Å². The van der Waals surface area contributed by atoms with E-state index in [0.29, 0.717) is 17.1 Å². The van der Waals surface area contributed by atoms with Gasteiger partial charge < -0.3 is 9.80 Å². The van der Waals surface area contributed by atoms with Crippen LogP contribution < -0.4 is 5.56 Å². The lowest BCUT2D eigenvalue weighted by atomic mass is 10.00. The van der Waals surface area contributed by atoms with Crippen LogP contribution in [0.25, 0.3) is 10.8 Å². The van der Waals surface area contributed by atoms with Crippen molar-refractivity contribution in [3.63, 3.8) is 0 Å². The first-order chi connectivity index (χ1) is 13.1. The Bertz CT molecular complexity index is 885. The van der Waals surface area contributed by atoms with E-state index in [1.165, 1.54) is 23.9 Å². The molecule has 0 spiro atoms. The normalized spacial score (nSPS) is 21.1. The van der Waals surface area contributed by atoms with Crippen LogP contribution in [-0.4, -0.2) is 57.7 Å². The van der Waals surface area contributed by atoms with Crippen LogP contribution in [-0.2, 0) is 18.3 Å². The molecule has 2 fully saturated rings. The Morgan fingerprint density at radius 1 is 1.07 bits per heavy atom. The predicted molar refractivity (Wildman–Crippen MR) is 106 cm³/mol. The fraction of sp³-hybridized carbons (Fsp3) is 0.571. The maximum Gasteiger partial charge on any atom is 0.274 e. The molecular formula is C21H28N4O2. The summed E-state index contributed by atoms with van der Waals surface area (Å²) in [6.07, 6.45) is 6.16. The maximum absolute atomic E-state index is 13.2. The molecule has 1 aromatic carbocycles. The van der Waals surface area contributed by atoms with E-state index in [1.807, 2.05) is 24.3 Å². The molecule has 27 heavy (non-hydrogen) atoms. The molecule has 1 atom stereocenters. The summed E-state index contributed by atoms with van der Waals surface area (Å²) in [4.78, 5) is 30.1. The van der Waals surface area contributed by atoms with E-state index in [0.717, 1.165) is 44.4 Å². The Kier molecular flexibility index (Phi) is 5.25. The predicted octanol–water partition coefficient (Wildman–Crippen LogP) is 1.95. The highest BCUT2D eigenvalue weighted by atomic mass is 16.2. The van der Waals surface area contributed by atoms with Crippen molar-refractivity contribution in [2.45, 2.75) is 44.6 Å². The van der Waals surface area contributed by atoms with Gasteiger partial charge in [-0.15, -0.1) is 0 Å². The second-order valence-corrected chi connectivity index (χ2v) is 7.84. The van der Waals surface area contributed by atoms with Gasteiger partial charge in [0, 0.05) is 31.6 Å². The third kappa shape index (κ3) is 3.76. The molecule has 0 saturated carbocycles. The van der Waals surface area contributed by atoms with Gasteiger partial charge in [0.25, 0.3) is 5.56 Å². The summed E-state index contributed by atoms with van der Waals surface area (Å²) >= 11 is 0. The summed E-state index contributed by atoms with van der Waals surface area (Å²) in [5.41, 5.74) is 0.579. The molecular weight excluding hydrogens is 340 g/mol. The van der Waals surface area contributed by atoms with Crippen LogP contribution in [0.2, 0.25) is 0 Å². The number of likely N-dealkylation sites (tertiary alicyclic amines) is 2. The molecule has 3 heterocycles. The van der Waals surface area contributed by atoms with Crippen molar-refractivity contribution in [2.24, 2.45) is 7.05 Å². The molecule has 0 aliphatic carbocycles. The number of rotatable bonds is 4. The van der Waals surface area contributed by atoms with Crippen LogP contribution in [0.4, 0.5) is 0 Å². The number of carbonyl (C=O) groups is 1. The Morgan fingerprint density at radius 3 is 2.56 bits per heavy atom. The van der Waals surface area contributed by atoms with Gasteiger partial charge in [0.15, 0.2) is 0 Å². The number of benzene rings is 1. The van der Waals surface area contributed by atoms with Gasteiger partial charge in [-0.05, 0) is 51.3 Å². The standard InChI is InChI=1S/C21H28N4O2/c1-23-21(27)18-10-3-2-9-17(18)19(22-23)14-20(26)25-13-5-4-8-16(25)15-24-11-6-7-12-24/h2-3,9-10,16H,4-8,11-15H2,1H3/t16-/m1/s1. The maximum atomic E-state index is 13.2. The molecule has 6 nitrogen and oxygen atoms in total. The molecule has 1 aromatic heterocycles. The highest BCUT2D eigenvalue weighted by Gasteiger charge is 2.29. The lowest BCUT2D eigenvalue weighted by Crippen LogP contribution is -2.49.